The molecule has 0 aliphatic heterocycles. The van der Waals surface area contributed by atoms with Crippen LogP contribution in [-0.4, -0.2) is 11.1 Å². The van der Waals surface area contributed by atoms with E-state index in [2.05, 4.69) is 31.9 Å². The van der Waals surface area contributed by atoms with E-state index in [4.69, 9.17) is 9.84 Å². The van der Waals surface area contributed by atoms with Crippen LogP contribution in [0.1, 0.15) is 24.0 Å². The molecular formula is C16H14Br2O3. The number of hydrogen-bond acceptors (Lipinski definition) is 2. The maximum Gasteiger partial charge on any atom is 0.310 e. The van der Waals surface area contributed by atoms with Gasteiger partial charge in [0.15, 0.2) is 0 Å². The molecule has 21 heavy (non-hydrogen) atoms. The van der Waals surface area contributed by atoms with E-state index >= 15 is 0 Å². The minimum absolute atomic E-state index is 0.433. The Morgan fingerprint density at radius 2 is 1.86 bits per heavy atom. The van der Waals surface area contributed by atoms with Crippen molar-refractivity contribution >= 4 is 37.8 Å². The third-order valence-electron chi connectivity index (χ3n) is 3.14. The first-order valence-corrected chi connectivity index (χ1v) is 7.95. The van der Waals surface area contributed by atoms with Gasteiger partial charge in [-0.2, -0.15) is 0 Å². The molecule has 0 spiro atoms. The summed E-state index contributed by atoms with van der Waals surface area (Å²) in [5, 5.41) is 8.98. The number of benzene rings is 2. The lowest BCUT2D eigenvalue weighted by Gasteiger charge is -2.10. The van der Waals surface area contributed by atoms with Crippen molar-refractivity contribution in [3.63, 3.8) is 0 Å². The van der Waals surface area contributed by atoms with Crippen molar-refractivity contribution in [1.29, 1.82) is 0 Å². The van der Waals surface area contributed by atoms with Gasteiger partial charge in [0.1, 0.15) is 12.4 Å². The molecule has 0 aliphatic carbocycles. The highest BCUT2D eigenvalue weighted by atomic mass is 79.9. The van der Waals surface area contributed by atoms with Gasteiger partial charge < -0.3 is 9.84 Å². The van der Waals surface area contributed by atoms with Gasteiger partial charge in [0.25, 0.3) is 0 Å². The van der Waals surface area contributed by atoms with E-state index in [9.17, 15) is 4.79 Å². The predicted molar refractivity (Wildman–Crippen MR) is 88.7 cm³/mol. The van der Waals surface area contributed by atoms with Gasteiger partial charge in [0.05, 0.1) is 10.4 Å². The average Bonchev–Trinajstić information content (AvgIpc) is 2.46. The first kappa shape index (κ1) is 16.0. The summed E-state index contributed by atoms with van der Waals surface area (Å²) < 4.78 is 7.60. The molecule has 2 aromatic rings. The second-order valence-corrected chi connectivity index (χ2v) is 6.43. The fourth-order valence-electron chi connectivity index (χ4n) is 1.80. The van der Waals surface area contributed by atoms with E-state index in [1.54, 1.807) is 6.92 Å². The van der Waals surface area contributed by atoms with Crippen LogP contribution in [0.5, 0.6) is 5.75 Å². The van der Waals surface area contributed by atoms with Crippen LogP contribution in [0.2, 0.25) is 0 Å². The quantitative estimate of drug-likeness (QED) is 0.751. The van der Waals surface area contributed by atoms with Crippen LogP contribution >= 0.6 is 31.9 Å². The normalized spacial score (nSPS) is 12.0. The van der Waals surface area contributed by atoms with Crippen molar-refractivity contribution in [3.05, 3.63) is 62.5 Å². The zero-order chi connectivity index (χ0) is 15.4. The third kappa shape index (κ3) is 4.32. The Morgan fingerprint density at radius 3 is 2.43 bits per heavy atom. The first-order chi connectivity index (χ1) is 9.97. The van der Waals surface area contributed by atoms with Crippen LogP contribution in [0.25, 0.3) is 0 Å². The van der Waals surface area contributed by atoms with Crippen molar-refractivity contribution < 1.29 is 14.6 Å². The molecule has 0 radical (unpaired) electrons. The van der Waals surface area contributed by atoms with Gasteiger partial charge in [0, 0.05) is 4.47 Å². The van der Waals surface area contributed by atoms with Gasteiger partial charge in [-0.3, -0.25) is 4.79 Å². The lowest BCUT2D eigenvalue weighted by atomic mass is 10.0. The number of carbonyl (C=O) groups is 1. The van der Waals surface area contributed by atoms with Crippen LogP contribution in [0.15, 0.2) is 51.4 Å². The van der Waals surface area contributed by atoms with E-state index < -0.39 is 11.9 Å². The molecule has 2 aromatic carbocycles. The summed E-state index contributed by atoms with van der Waals surface area (Å²) in [6.07, 6.45) is 0. The van der Waals surface area contributed by atoms with Crippen molar-refractivity contribution in [2.24, 2.45) is 0 Å². The predicted octanol–water partition coefficient (Wildman–Crippen LogP) is 4.98. The Labute approximate surface area is 140 Å². The van der Waals surface area contributed by atoms with E-state index in [-0.39, 0.29) is 0 Å². The summed E-state index contributed by atoms with van der Waals surface area (Å²) >= 11 is 6.84. The zero-order valence-electron chi connectivity index (χ0n) is 11.3. The fourth-order valence-corrected chi connectivity index (χ4v) is 2.96. The highest BCUT2D eigenvalue weighted by molar-refractivity contribution is 9.11. The lowest BCUT2D eigenvalue weighted by molar-refractivity contribution is -0.138. The minimum Gasteiger partial charge on any atom is -0.488 e. The molecule has 0 saturated heterocycles. The number of rotatable bonds is 5. The molecule has 0 aliphatic rings. The summed E-state index contributed by atoms with van der Waals surface area (Å²) in [6.45, 7) is 2.11. The summed E-state index contributed by atoms with van der Waals surface area (Å²) in [5.41, 5.74) is 1.78. The first-order valence-electron chi connectivity index (χ1n) is 6.37. The SMILES string of the molecule is CC(C(=O)O)c1ccc(COc2ccc(Br)cc2Br)cc1. The topological polar surface area (TPSA) is 46.5 Å². The van der Waals surface area contributed by atoms with E-state index in [1.807, 2.05) is 42.5 Å². The van der Waals surface area contributed by atoms with Crippen LogP contribution in [0.4, 0.5) is 0 Å². The number of halogens is 2. The lowest BCUT2D eigenvalue weighted by Crippen LogP contribution is -2.07. The van der Waals surface area contributed by atoms with Gasteiger partial charge >= 0.3 is 5.97 Å². The van der Waals surface area contributed by atoms with Crippen LogP contribution in [0.3, 0.4) is 0 Å². The summed E-state index contributed by atoms with van der Waals surface area (Å²) in [6, 6.07) is 13.2. The summed E-state index contributed by atoms with van der Waals surface area (Å²) in [4.78, 5) is 10.9. The smallest absolute Gasteiger partial charge is 0.310 e. The highest BCUT2D eigenvalue weighted by Gasteiger charge is 2.13. The van der Waals surface area contributed by atoms with Gasteiger partial charge in [-0.1, -0.05) is 40.2 Å². The van der Waals surface area contributed by atoms with E-state index in [0.717, 1.165) is 25.8 Å². The van der Waals surface area contributed by atoms with Gasteiger partial charge in [0.2, 0.25) is 0 Å². The maximum atomic E-state index is 10.9. The number of hydrogen-bond donors (Lipinski definition) is 1. The van der Waals surface area contributed by atoms with Gasteiger partial charge in [-0.25, -0.2) is 0 Å². The second kappa shape index (κ2) is 7.09. The number of aliphatic carboxylic acids is 1. The van der Waals surface area contributed by atoms with Crippen LogP contribution in [-0.2, 0) is 11.4 Å². The molecule has 0 saturated carbocycles. The molecule has 0 aromatic heterocycles. The van der Waals surface area contributed by atoms with Crippen LogP contribution < -0.4 is 4.74 Å². The van der Waals surface area contributed by atoms with Gasteiger partial charge in [-0.15, -0.1) is 0 Å². The molecule has 0 amide bonds. The number of carboxylic acids is 1. The Bertz CT molecular complexity index is 638. The number of ether oxygens (including phenoxy) is 1. The second-order valence-electron chi connectivity index (χ2n) is 4.66. The molecule has 0 bridgehead atoms. The molecule has 110 valence electrons. The molecule has 1 unspecified atom stereocenters. The van der Waals surface area contributed by atoms with Gasteiger partial charge in [-0.05, 0) is 52.2 Å². The molecule has 1 atom stereocenters. The standard InChI is InChI=1S/C16H14Br2O3/c1-10(16(19)20)12-4-2-11(3-5-12)9-21-15-7-6-13(17)8-14(15)18/h2-8,10H,9H2,1H3,(H,19,20). The van der Waals surface area contributed by atoms with Crippen molar-refractivity contribution in [2.45, 2.75) is 19.4 Å². The Balaban J connectivity index is 2.02. The maximum absolute atomic E-state index is 10.9. The fraction of sp³-hybridized carbons (Fsp3) is 0.188. The van der Waals surface area contributed by atoms with Crippen LogP contribution in [0, 0.1) is 0 Å². The Kier molecular flexibility index (Phi) is 5.42. The molecule has 2 rings (SSSR count). The number of carboxylic acid groups (broad SMARTS) is 1. The highest BCUT2D eigenvalue weighted by Crippen LogP contribution is 2.29. The Morgan fingerprint density at radius 1 is 1.19 bits per heavy atom. The average molecular weight is 414 g/mol. The monoisotopic (exact) mass is 412 g/mol. The van der Waals surface area contributed by atoms with E-state index in [0.29, 0.717) is 6.61 Å². The zero-order valence-corrected chi connectivity index (χ0v) is 14.5. The molecule has 0 heterocycles. The minimum atomic E-state index is -0.821. The van der Waals surface area contributed by atoms with Crippen molar-refractivity contribution in [3.8, 4) is 5.75 Å². The largest absolute Gasteiger partial charge is 0.488 e. The summed E-state index contributed by atoms with van der Waals surface area (Å²) in [5.74, 6) is -0.556. The molecule has 1 N–H and O–H groups in total. The third-order valence-corrected chi connectivity index (χ3v) is 4.25. The summed E-state index contributed by atoms with van der Waals surface area (Å²) in [7, 11) is 0. The van der Waals surface area contributed by atoms with Crippen molar-refractivity contribution in [2.75, 3.05) is 0 Å². The van der Waals surface area contributed by atoms with E-state index in [1.165, 1.54) is 0 Å². The molecule has 5 heteroatoms. The Hall–Kier alpha value is -1.33. The molecular weight excluding hydrogens is 400 g/mol. The molecule has 0 fully saturated rings. The molecule has 3 nitrogen and oxygen atoms in total. The van der Waals surface area contributed by atoms with Crippen molar-refractivity contribution in [1.82, 2.24) is 0 Å².